The molecule has 0 unspecified atom stereocenters. The normalized spacial score (nSPS) is 16.0. The molecule has 1 aromatic heterocycles. The molecule has 0 atom stereocenters. The number of nitrogens with one attached hydrogen (secondary N) is 1. The Kier molecular flexibility index (Phi) is 3.46. The largest absolute Gasteiger partial charge is 0.492 e. The van der Waals surface area contributed by atoms with E-state index in [4.69, 9.17) is 4.74 Å². The van der Waals surface area contributed by atoms with Gasteiger partial charge < -0.3 is 9.72 Å². The molecule has 0 aliphatic carbocycles. The van der Waals surface area contributed by atoms with Crippen molar-refractivity contribution in [2.75, 3.05) is 26.2 Å². The van der Waals surface area contributed by atoms with E-state index in [1.54, 1.807) is 6.07 Å². The lowest BCUT2D eigenvalue weighted by molar-refractivity contribution is 0.238. The molecule has 5 heteroatoms. The summed E-state index contributed by atoms with van der Waals surface area (Å²) in [6.07, 6.45) is 3.99. The van der Waals surface area contributed by atoms with Crippen LogP contribution in [0.3, 0.4) is 0 Å². The number of hydrogen-bond acceptors (Lipinski definition) is 4. The second kappa shape index (κ2) is 5.40. The van der Waals surface area contributed by atoms with Gasteiger partial charge in [0, 0.05) is 6.54 Å². The predicted molar refractivity (Wildman–Crippen MR) is 73.5 cm³/mol. The van der Waals surface area contributed by atoms with Gasteiger partial charge in [0.2, 0.25) is 0 Å². The molecular formula is C14H17N3O2. The Morgan fingerprint density at radius 3 is 3.00 bits per heavy atom. The van der Waals surface area contributed by atoms with Crippen LogP contribution >= 0.6 is 0 Å². The molecule has 3 rings (SSSR count). The quantitative estimate of drug-likeness (QED) is 0.901. The zero-order valence-corrected chi connectivity index (χ0v) is 10.8. The Bertz CT molecular complexity index is 617. The number of fused-ring (bicyclic) bond motifs is 1. The summed E-state index contributed by atoms with van der Waals surface area (Å²) in [5.41, 5.74) is 0.561. The van der Waals surface area contributed by atoms with Crippen molar-refractivity contribution >= 4 is 10.9 Å². The lowest BCUT2D eigenvalue weighted by Crippen LogP contribution is -2.25. The number of nitrogens with zero attached hydrogens (tertiary/aromatic N) is 2. The van der Waals surface area contributed by atoms with Gasteiger partial charge in [-0.15, -0.1) is 0 Å². The molecule has 2 heterocycles. The fourth-order valence-corrected chi connectivity index (χ4v) is 2.44. The van der Waals surface area contributed by atoms with Gasteiger partial charge in [-0.05, 0) is 44.1 Å². The van der Waals surface area contributed by atoms with Gasteiger partial charge in [0.05, 0.1) is 17.2 Å². The third-order valence-corrected chi connectivity index (χ3v) is 3.49. The lowest BCUT2D eigenvalue weighted by Gasteiger charge is -2.14. The van der Waals surface area contributed by atoms with E-state index >= 15 is 0 Å². The van der Waals surface area contributed by atoms with Crippen LogP contribution in [0.2, 0.25) is 0 Å². The van der Waals surface area contributed by atoms with Crippen molar-refractivity contribution in [3.8, 4) is 5.75 Å². The van der Waals surface area contributed by atoms with Crippen LogP contribution in [0.4, 0.5) is 0 Å². The molecule has 1 fully saturated rings. The monoisotopic (exact) mass is 259 g/mol. The Morgan fingerprint density at radius 2 is 2.16 bits per heavy atom. The second-order valence-corrected chi connectivity index (χ2v) is 4.81. The van der Waals surface area contributed by atoms with E-state index in [0.29, 0.717) is 17.5 Å². The summed E-state index contributed by atoms with van der Waals surface area (Å²) >= 11 is 0. The maximum atomic E-state index is 11.7. The Balaban J connectivity index is 1.67. The van der Waals surface area contributed by atoms with Crippen LogP contribution in [0.25, 0.3) is 10.9 Å². The maximum Gasteiger partial charge on any atom is 0.258 e. The third kappa shape index (κ3) is 2.76. The molecule has 1 saturated heterocycles. The van der Waals surface area contributed by atoms with Gasteiger partial charge in [-0.1, -0.05) is 0 Å². The zero-order valence-electron chi connectivity index (χ0n) is 10.8. The van der Waals surface area contributed by atoms with Crippen LogP contribution < -0.4 is 10.3 Å². The van der Waals surface area contributed by atoms with E-state index in [-0.39, 0.29) is 5.56 Å². The molecule has 1 N–H and O–H groups in total. The fraction of sp³-hybridized carbons (Fsp3) is 0.429. The second-order valence-electron chi connectivity index (χ2n) is 4.81. The van der Waals surface area contributed by atoms with Crippen molar-refractivity contribution in [3.05, 3.63) is 34.9 Å². The molecule has 1 aliphatic heterocycles. The van der Waals surface area contributed by atoms with Crippen molar-refractivity contribution in [1.29, 1.82) is 0 Å². The number of H-pyrrole nitrogens is 1. The van der Waals surface area contributed by atoms with E-state index in [1.807, 2.05) is 12.1 Å². The summed E-state index contributed by atoms with van der Waals surface area (Å²) in [5, 5.41) is 0.571. The lowest BCUT2D eigenvalue weighted by atomic mass is 10.2. The molecule has 0 bridgehead atoms. The summed E-state index contributed by atoms with van der Waals surface area (Å²) in [7, 11) is 0. The van der Waals surface area contributed by atoms with Crippen LogP contribution in [0.1, 0.15) is 12.8 Å². The van der Waals surface area contributed by atoms with Gasteiger partial charge in [-0.25, -0.2) is 4.98 Å². The molecular weight excluding hydrogens is 242 g/mol. The number of hydrogen-bond donors (Lipinski definition) is 1. The SMILES string of the molecule is O=c1[nH]cnc2ccc(OCCN3CCCC3)cc12. The van der Waals surface area contributed by atoms with Gasteiger partial charge in [0.15, 0.2) is 0 Å². The van der Waals surface area contributed by atoms with Gasteiger partial charge in [-0.2, -0.15) is 0 Å². The number of aromatic amines is 1. The topological polar surface area (TPSA) is 58.2 Å². The smallest absolute Gasteiger partial charge is 0.258 e. The summed E-state index contributed by atoms with van der Waals surface area (Å²) in [5.74, 6) is 0.727. The van der Waals surface area contributed by atoms with Crippen LogP contribution in [0.15, 0.2) is 29.3 Å². The van der Waals surface area contributed by atoms with Gasteiger partial charge >= 0.3 is 0 Å². The molecule has 0 saturated carbocycles. The van der Waals surface area contributed by atoms with Crippen molar-refractivity contribution in [2.24, 2.45) is 0 Å². The molecule has 0 spiro atoms. The average molecular weight is 259 g/mol. The van der Waals surface area contributed by atoms with E-state index < -0.39 is 0 Å². The number of aromatic nitrogens is 2. The highest BCUT2D eigenvalue weighted by atomic mass is 16.5. The maximum absolute atomic E-state index is 11.7. The zero-order chi connectivity index (χ0) is 13.1. The molecule has 0 radical (unpaired) electrons. The molecule has 100 valence electrons. The van der Waals surface area contributed by atoms with Gasteiger partial charge in [-0.3, -0.25) is 9.69 Å². The number of rotatable bonds is 4. The van der Waals surface area contributed by atoms with Gasteiger partial charge in [0.25, 0.3) is 5.56 Å². The fourth-order valence-electron chi connectivity index (χ4n) is 2.44. The highest BCUT2D eigenvalue weighted by molar-refractivity contribution is 5.78. The molecule has 2 aromatic rings. The van der Waals surface area contributed by atoms with Crippen molar-refractivity contribution < 1.29 is 4.74 Å². The molecule has 1 aliphatic rings. The molecule has 19 heavy (non-hydrogen) atoms. The minimum absolute atomic E-state index is 0.130. The van der Waals surface area contributed by atoms with Crippen molar-refractivity contribution in [2.45, 2.75) is 12.8 Å². The summed E-state index contributed by atoms with van der Waals surface area (Å²) in [6, 6.07) is 5.43. The van der Waals surface area contributed by atoms with Gasteiger partial charge in [0.1, 0.15) is 12.4 Å². The summed E-state index contributed by atoms with van der Waals surface area (Å²) in [6.45, 7) is 3.94. The number of benzene rings is 1. The number of ether oxygens (including phenoxy) is 1. The first-order chi connectivity index (χ1) is 9.33. The number of likely N-dealkylation sites (tertiary alicyclic amines) is 1. The molecule has 5 nitrogen and oxygen atoms in total. The average Bonchev–Trinajstić information content (AvgIpc) is 2.93. The van der Waals surface area contributed by atoms with Crippen LogP contribution in [-0.2, 0) is 0 Å². The van der Waals surface area contributed by atoms with E-state index in [0.717, 1.165) is 12.3 Å². The first-order valence-corrected chi connectivity index (χ1v) is 6.65. The minimum Gasteiger partial charge on any atom is -0.492 e. The minimum atomic E-state index is -0.130. The highest BCUT2D eigenvalue weighted by Crippen LogP contribution is 2.16. The third-order valence-electron chi connectivity index (χ3n) is 3.49. The van der Waals surface area contributed by atoms with E-state index in [1.165, 1.54) is 32.3 Å². The Labute approximate surface area is 111 Å². The summed E-state index contributed by atoms with van der Waals surface area (Å²) < 4.78 is 5.71. The van der Waals surface area contributed by atoms with Crippen LogP contribution in [-0.4, -0.2) is 41.1 Å². The van der Waals surface area contributed by atoms with Crippen LogP contribution in [0, 0.1) is 0 Å². The Hall–Kier alpha value is -1.88. The van der Waals surface area contributed by atoms with E-state index in [9.17, 15) is 4.79 Å². The first kappa shape index (κ1) is 12.2. The highest BCUT2D eigenvalue weighted by Gasteiger charge is 2.10. The van der Waals surface area contributed by atoms with Crippen LogP contribution in [0.5, 0.6) is 5.75 Å². The van der Waals surface area contributed by atoms with Crippen molar-refractivity contribution in [1.82, 2.24) is 14.9 Å². The molecule has 1 aromatic carbocycles. The standard InChI is InChI=1S/C14H17N3O2/c18-14-12-9-11(3-4-13(12)15-10-16-14)19-8-7-17-5-1-2-6-17/h3-4,9-10H,1-2,5-8H2,(H,15,16,18). The predicted octanol–water partition coefficient (Wildman–Crippen LogP) is 1.40. The first-order valence-electron chi connectivity index (χ1n) is 6.65. The van der Waals surface area contributed by atoms with E-state index in [2.05, 4.69) is 14.9 Å². The summed E-state index contributed by atoms with van der Waals surface area (Å²) in [4.78, 5) is 20.7. The Morgan fingerprint density at radius 1 is 1.32 bits per heavy atom. The molecule has 0 amide bonds. The van der Waals surface area contributed by atoms with Crippen molar-refractivity contribution in [3.63, 3.8) is 0 Å².